The molecule has 0 aromatic heterocycles. The summed E-state index contributed by atoms with van der Waals surface area (Å²) in [4.78, 5) is 4.04. The maximum absolute atomic E-state index is 8.92. The van der Waals surface area contributed by atoms with Crippen molar-refractivity contribution in [2.75, 3.05) is 27.4 Å². The van der Waals surface area contributed by atoms with Gasteiger partial charge in [-0.15, -0.1) is 0 Å². The number of methoxy groups -OCH3 is 2. The molecule has 2 atom stereocenters. The first-order valence-electron chi connectivity index (χ1n) is 3.80. The third-order valence-corrected chi connectivity index (χ3v) is 1.85. The third kappa shape index (κ3) is 1.86. The van der Waals surface area contributed by atoms with Crippen molar-refractivity contribution in [1.82, 2.24) is 5.32 Å². The van der Waals surface area contributed by atoms with Crippen LogP contribution in [0.4, 0.5) is 0 Å². The summed E-state index contributed by atoms with van der Waals surface area (Å²) in [6.45, 7) is 0.594. The van der Waals surface area contributed by atoms with Gasteiger partial charge in [0, 0.05) is 13.0 Å². The van der Waals surface area contributed by atoms with Crippen molar-refractivity contribution in [2.45, 2.75) is 6.23 Å². The van der Waals surface area contributed by atoms with Gasteiger partial charge < -0.3 is 19.9 Å². The number of amidine groups is 1. The molecule has 0 spiro atoms. The van der Waals surface area contributed by atoms with E-state index in [1.165, 1.54) is 7.11 Å². The number of aliphatic hydroxyl groups is 1. The monoisotopic (exact) mass is 174 g/mol. The molecule has 1 unspecified atom stereocenters. The zero-order valence-electron chi connectivity index (χ0n) is 7.28. The molecule has 1 aliphatic rings. The Labute approximate surface area is 71.4 Å². The highest BCUT2D eigenvalue weighted by Crippen LogP contribution is 2.09. The van der Waals surface area contributed by atoms with E-state index in [1.54, 1.807) is 7.11 Å². The highest BCUT2D eigenvalue weighted by molar-refractivity contribution is 5.74. The Hall–Kier alpha value is -0.810. The SMILES string of the molecule is COC1=NCC(CO)[C@H](OC)N1. The molecule has 12 heavy (non-hydrogen) atoms. The Kier molecular flexibility index (Phi) is 3.31. The van der Waals surface area contributed by atoms with E-state index in [0.29, 0.717) is 12.6 Å². The van der Waals surface area contributed by atoms with Crippen molar-refractivity contribution >= 4 is 6.02 Å². The molecule has 70 valence electrons. The van der Waals surface area contributed by atoms with Crippen molar-refractivity contribution in [2.24, 2.45) is 10.9 Å². The van der Waals surface area contributed by atoms with Gasteiger partial charge in [0.2, 0.25) is 0 Å². The predicted octanol–water partition coefficient (Wildman–Crippen LogP) is -0.827. The summed E-state index contributed by atoms with van der Waals surface area (Å²) in [5, 5.41) is 11.8. The summed E-state index contributed by atoms with van der Waals surface area (Å²) in [5.74, 6) is 0.00824. The van der Waals surface area contributed by atoms with Crippen LogP contribution in [-0.4, -0.2) is 44.7 Å². The smallest absolute Gasteiger partial charge is 0.286 e. The predicted molar refractivity (Wildman–Crippen MR) is 43.8 cm³/mol. The summed E-state index contributed by atoms with van der Waals surface area (Å²) in [7, 11) is 3.12. The van der Waals surface area contributed by atoms with E-state index in [0.717, 1.165) is 0 Å². The molecule has 0 bridgehead atoms. The minimum absolute atomic E-state index is 0.00824. The van der Waals surface area contributed by atoms with Gasteiger partial charge in [0.1, 0.15) is 6.23 Å². The topological polar surface area (TPSA) is 63.1 Å². The van der Waals surface area contributed by atoms with Crippen LogP contribution in [0.15, 0.2) is 4.99 Å². The van der Waals surface area contributed by atoms with Crippen LogP contribution in [0.25, 0.3) is 0 Å². The standard InChI is InChI=1S/C7H14N2O3/c1-11-6-5(4-10)3-8-7(9-6)12-2/h5-6,10H,3-4H2,1-2H3,(H,8,9)/t5?,6-/m0/s1. The van der Waals surface area contributed by atoms with Crippen LogP contribution in [0, 0.1) is 5.92 Å². The molecule has 0 saturated carbocycles. The molecule has 0 aromatic rings. The molecule has 2 N–H and O–H groups in total. The summed E-state index contributed by atoms with van der Waals surface area (Å²) >= 11 is 0. The van der Waals surface area contributed by atoms with Gasteiger partial charge in [-0.25, -0.2) is 4.99 Å². The lowest BCUT2D eigenvalue weighted by Crippen LogP contribution is -2.48. The maximum atomic E-state index is 8.92. The number of aliphatic imine (C=N–C) groups is 1. The molecular weight excluding hydrogens is 160 g/mol. The molecule has 5 heteroatoms. The second-order valence-corrected chi connectivity index (χ2v) is 2.59. The highest BCUT2D eigenvalue weighted by Gasteiger charge is 2.25. The number of aliphatic hydroxyl groups excluding tert-OH is 1. The van der Waals surface area contributed by atoms with Gasteiger partial charge >= 0.3 is 0 Å². The first-order chi connectivity index (χ1) is 5.81. The number of hydrogen-bond donors (Lipinski definition) is 2. The van der Waals surface area contributed by atoms with Crippen molar-refractivity contribution in [3.05, 3.63) is 0 Å². The lowest BCUT2D eigenvalue weighted by atomic mass is 10.1. The number of nitrogens with one attached hydrogen (secondary N) is 1. The molecule has 1 rings (SSSR count). The second kappa shape index (κ2) is 4.27. The van der Waals surface area contributed by atoms with Crippen LogP contribution >= 0.6 is 0 Å². The van der Waals surface area contributed by atoms with Crippen LogP contribution in [0.5, 0.6) is 0 Å². The molecular formula is C7H14N2O3. The quantitative estimate of drug-likeness (QED) is 0.573. The number of hydrogen-bond acceptors (Lipinski definition) is 5. The number of rotatable bonds is 2. The lowest BCUT2D eigenvalue weighted by Gasteiger charge is -2.28. The van der Waals surface area contributed by atoms with Gasteiger partial charge in [-0.05, 0) is 0 Å². The Morgan fingerprint density at radius 1 is 1.67 bits per heavy atom. The zero-order chi connectivity index (χ0) is 8.97. The van der Waals surface area contributed by atoms with Crippen LogP contribution < -0.4 is 5.32 Å². The maximum Gasteiger partial charge on any atom is 0.286 e. The first kappa shape index (κ1) is 9.28. The molecule has 0 aromatic carbocycles. The Morgan fingerprint density at radius 3 is 2.92 bits per heavy atom. The number of ether oxygens (including phenoxy) is 2. The van der Waals surface area contributed by atoms with E-state index in [4.69, 9.17) is 14.6 Å². The average Bonchev–Trinajstić information content (AvgIpc) is 2.16. The summed E-state index contributed by atoms with van der Waals surface area (Å²) in [5.41, 5.74) is 0. The van der Waals surface area contributed by atoms with E-state index in [-0.39, 0.29) is 18.8 Å². The van der Waals surface area contributed by atoms with Crippen molar-refractivity contribution in [3.63, 3.8) is 0 Å². The Bertz CT molecular complexity index is 172. The summed E-state index contributed by atoms with van der Waals surface area (Å²) in [6.07, 6.45) is -0.206. The first-order valence-corrected chi connectivity index (χ1v) is 3.80. The fourth-order valence-corrected chi connectivity index (χ4v) is 1.11. The van der Waals surface area contributed by atoms with Gasteiger partial charge in [0.25, 0.3) is 6.02 Å². The van der Waals surface area contributed by atoms with E-state index in [9.17, 15) is 0 Å². The molecule has 0 radical (unpaired) electrons. The van der Waals surface area contributed by atoms with Crippen LogP contribution in [-0.2, 0) is 9.47 Å². The van der Waals surface area contributed by atoms with E-state index in [1.807, 2.05) is 0 Å². The van der Waals surface area contributed by atoms with E-state index < -0.39 is 0 Å². The molecule has 1 heterocycles. The largest absolute Gasteiger partial charge is 0.469 e. The molecule has 0 fully saturated rings. The van der Waals surface area contributed by atoms with Crippen molar-refractivity contribution in [3.8, 4) is 0 Å². The molecule has 0 saturated heterocycles. The molecule has 0 amide bonds. The molecule has 0 aliphatic carbocycles. The summed E-state index contributed by atoms with van der Waals surface area (Å²) < 4.78 is 9.99. The van der Waals surface area contributed by atoms with Gasteiger partial charge in [-0.1, -0.05) is 0 Å². The van der Waals surface area contributed by atoms with E-state index >= 15 is 0 Å². The fourth-order valence-electron chi connectivity index (χ4n) is 1.11. The van der Waals surface area contributed by atoms with Crippen LogP contribution in [0.3, 0.4) is 0 Å². The van der Waals surface area contributed by atoms with Gasteiger partial charge in [-0.2, -0.15) is 0 Å². The van der Waals surface area contributed by atoms with Gasteiger partial charge in [0.05, 0.1) is 20.3 Å². The summed E-state index contributed by atoms with van der Waals surface area (Å²) in [6, 6.07) is 0.464. The minimum atomic E-state index is -0.206. The van der Waals surface area contributed by atoms with Gasteiger partial charge in [0.15, 0.2) is 0 Å². The highest BCUT2D eigenvalue weighted by atomic mass is 16.5. The minimum Gasteiger partial charge on any atom is -0.469 e. The van der Waals surface area contributed by atoms with Crippen LogP contribution in [0.1, 0.15) is 0 Å². The molecule has 1 aliphatic heterocycles. The fraction of sp³-hybridized carbons (Fsp3) is 0.857. The molecule has 5 nitrogen and oxygen atoms in total. The van der Waals surface area contributed by atoms with Crippen LogP contribution in [0.2, 0.25) is 0 Å². The number of nitrogens with zero attached hydrogens (tertiary/aromatic N) is 1. The Balaban J connectivity index is 2.56. The van der Waals surface area contributed by atoms with Crippen molar-refractivity contribution < 1.29 is 14.6 Å². The van der Waals surface area contributed by atoms with Crippen molar-refractivity contribution in [1.29, 1.82) is 0 Å². The van der Waals surface area contributed by atoms with E-state index in [2.05, 4.69) is 10.3 Å². The zero-order valence-corrected chi connectivity index (χ0v) is 7.28. The van der Waals surface area contributed by atoms with Gasteiger partial charge in [-0.3, -0.25) is 0 Å². The average molecular weight is 174 g/mol. The Morgan fingerprint density at radius 2 is 2.42 bits per heavy atom. The third-order valence-electron chi connectivity index (χ3n) is 1.85. The second-order valence-electron chi connectivity index (χ2n) is 2.59. The normalized spacial score (nSPS) is 29.1. The lowest BCUT2D eigenvalue weighted by molar-refractivity contribution is 0.00979.